The van der Waals surface area contributed by atoms with Gasteiger partial charge in [-0.3, -0.25) is 14.4 Å². The number of aliphatic carboxylic acids is 1. The van der Waals surface area contributed by atoms with Crippen LogP contribution < -0.4 is 5.32 Å². The molecule has 1 aliphatic carbocycles. The maximum Gasteiger partial charge on any atom is 0.306 e. The number of nitrogens with zero attached hydrogens (tertiary/aromatic N) is 1. The van der Waals surface area contributed by atoms with Crippen LogP contribution >= 0.6 is 0 Å². The molecule has 0 aromatic carbocycles. The largest absolute Gasteiger partial charge is 0.481 e. The van der Waals surface area contributed by atoms with E-state index in [0.29, 0.717) is 32.4 Å². The van der Waals surface area contributed by atoms with Gasteiger partial charge in [0.2, 0.25) is 11.8 Å². The van der Waals surface area contributed by atoms with Gasteiger partial charge in [-0.25, -0.2) is 0 Å². The Morgan fingerprint density at radius 2 is 1.91 bits per heavy atom. The zero-order valence-electron chi connectivity index (χ0n) is 13.8. The summed E-state index contributed by atoms with van der Waals surface area (Å²) in [6, 6.07) is 0. The van der Waals surface area contributed by atoms with Crippen LogP contribution in [0.4, 0.5) is 0 Å². The number of carboxylic acids is 1. The Balaban J connectivity index is 1.66. The number of carbonyl (C=O) groups is 3. The van der Waals surface area contributed by atoms with Gasteiger partial charge >= 0.3 is 5.97 Å². The Hall–Kier alpha value is -1.59. The van der Waals surface area contributed by atoms with Crippen molar-refractivity contribution < 1.29 is 19.5 Å². The Morgan fingerprint density at radius 1 is 1.13 bits per heavy atom. The van der Waals surface area contributed by atoms with Crippen LogP contribution in [0.1, 0.15) is 57.8 Å². The van der Waals surface area contributed by atoms with Crippen molar-refractivity contribution in [2.45, 2.75) is 57.8 Å². The molecule has 2 aliphatic rings. The van der Waals surface area contributed by atoms with Crippen molar-refractivity contribution >= 4 is 17.8 Å². The summed E-state index contributed by atoms with van der Waals surface area (Å²) in [4.78, 5) is 37.0. The van der Waals surface area contributed by atoms with E-state index in [1.807, 2.05) is 4.90 Å². The molecule has 0 bridgehead atoms. The summed E-state index contributed by atoms with van der Waals surface area (Å²) in [5.74, 6) is -1.15. The third-order valence-electron chi connectivity index (χ3n) is 4.97. The van der Waals surface area contributed by atoms with Crippen LogP contribution in [-0.4, -0.2) is 47.4 Å². The lowest BCUT2D eigenvalue weighted by Gasteiger charge is -2.26. The van der Waals surface area contributed by atoms with Crippen LogP contribution in [0.5, 0.6) is 0 Å². The topological polar surface area (TPSA) is 86.7 Å². The van der Waals surface area contributed by atoms with E-state index in [1.54, 1.807) is 0 Å². The van der Waals surface area contributed by atoms with Gasteiger partial charge in [-0.15, -0.1) is 0 Å². The molecule has 23 heavy (non-hydrogen) atoms. The number of carboxylic acid groups (broad SMARTS) is 1. The maximum absolute atomic E-state index is 12.2. The molecule has 2 fully saturated rings. The molecular formula is C17H28N2O4. The van der Waals surface area contributed by atoms with E-state index < -0.39 is 5.97 Å². The molecule has 0 aromatic heterocycles. The minimum atomic E-state index is -0.790. The van der Waals surface area contributed by atoms with Gasteiger partial charge in [0.05, 0.1) is 5.92 Å². The maximum atomic E-state index is 12.2. The predicted molar refractivity (Wildman–Crippen MR) is 85.8 cm³/mol. The summed E-state index contributed by atoms with van der Waals surface area (Å²) in [5, 5.41) is 12.0. The summed E-state index contributed by atoms with van der Waals surface area (Å²) in [6.07, 6.45) is 7.28. The molecule has 2 amide bonds. The van der Waals surface area contributed by atoms with Crippen molar-refractivity contribution in [3.63, 3.8) is 0 Å². The minimum Gasteiger partial charge on any atom is -0.481 e. The van der Waals surface area contributed by atoms with Crippen LogP contribution in [-0.2, 0) is 14.4 Å². The average molecular weight is 324 g/mol. The van der Waals surface area contributed by atoms with E-state index in [9.17, 15) is 14.4 Å². The molecule has 6 nitrogen and oxygen atoms in total. The number of hydrogen-bond acceptors (Lipinski definition) is 3. The highest BCUT2D eigenvalue weighted by Crippen LogP contribution is 2.29. The second kappa shape index (κ2) is 8.89. The molecule has 1 saturated carbocycles. The van der Waals surface area contributed by atoms with Gasteiger partial charge in [0.25, 0.3) is 0 Å². The number of hydrogen-bond donors (Lipinski definition) is 2. The zero-order chi connectivity index (χ0) is 16.7. The fraction of sp³-hybridized carbons (Fsp3) is 0.824. The first-order valence-electron chi connectivity index (χ1n) is 8.86. The average Bonchev–Trinajstić information content (AvgIpc) is 2.76. The van der Waals surface area contributed by atoms with Crippen molar-refractivity contribution in [1.82, 2.24) is 10.2 Å². The minimum absolute atomic E-state index is 0.0295. The number of amides is 2. The van der Waals surface area contributed by atoms with E-state index in [-0.39, 0.29) is 23.7 Å². The van der Waals surface area contributed by atoms with Crippen LogP contribution in [0, 0.1) is 11.8 Å². The van der Waals surface area contributed by atoms with Crippen LogP contribution in [0.2, 0.25) is 0 Å². The third-order valence-corrected chi connectivity index (χ3v) is 4.97. The van der Waals surface area contributed by atoms with Crippen LogP contribution in [0.3, 0.4) is 0 Å². The molecule has 2 atom stereocenters. The molecule has 1 heterocycles. The second-order valence-corrected chi connectivity index (χ2v) is 6.73. The quantitative estimate of drug-likeness (QED) is 0.729. The lowest BCUT2D eigenvalue weighted by atomic mass is 9.81. The standard InChI is InChI=1S/C17H28N2O4/c20-15-8-2-1-3-10-19(15)11-5-9-18-16(21)13-6-4-7-14(12-13)17(22)23/h13-14H,1-12H2,(H,18,21)(H,22,23). The van der Waals surface area contributed by atoms with Crippen molar-refractivity contribution in [3.05, 3.63) is 0 Å². The molecular weight excluding hydrogens is 296 g/mol. The molecule has 2 rings (SSSR count). The predicted octanol–water partition coefficient (Wildman–Crippen LogP) is 1.79. The highest BCUT2D eigenvalue weighted by atomic mass is 16.4. The van der Waals surface area contributed by atoms with Gasteiger partial charge in [0.1, 0.15) is 0 Å². The van der Waals surface area contributed by atoms with E-state index in [2.05, 4.69) is 5.32 Å². The van der Waals surface area contributed by atoms with E-state index >= 15 is 0 Å². The molecule has 1 aliphatic heterocycles. The van der Waals surface area contributed by atoms with E-state index in [4.69, 9.17) is 5.11 Å². The van der Waals surface area contributed by atoms with Gasteiger partial charge in [-0.1, -0.05) is 12.8 Å². The molecule has 130 valence electrons. The molecule has 6 heteroatoms. The Bertz CT molecular complexity index is 438. The molecule has 1 saturated heterocycles. The summed E-state index contributed by atoms with van der Waals surface area (Å²) in [7, 11) is 0. The summed E-state index contributed by atoms with van der Waals surface area (Å²) in [6.45, 7) is 2.08. The Labute approximate surface area is 137 Å². The Morgan fingerprint density at radius 3 is 2.70 bits per heavy atom. The SMILES string of the molecule is O=C(O)C1CCCC(C(=O)NCCCN2CCCCCC2=O)C1. The second-order valence-electron chi connectivity index (χ2n) is 6.73. The van der Waals surface area contributed by atoms with Gasteiger partial charge < -0.3 is 15.3 Å². The fourth-order valence-electron chi connectivity index (χ4n) is 3.55. The van der Waals surface area contributed by atoms with Gasteiger partial charge in [0.15, 0.2) is 0 Å². The van der Waals surface area contributed by atoms with Crippen molar-refractivity contribution in [3.8, 4) is 0 Å². The first-order valence-corrected chi connectivity index (χ1v) is 8.86. The lowest BCUT2D eigenvalue weighted by Crippen LogP contribution is -2.37. The molecule has 0 radical (unpaired) electrons. The van der Waals surface area contributed by atoms with E-state index in [1.165, 1.54) is 0 Å². The van der Waals surface area contributed by atoms with Crippen LogP contribution in [0.25, 0.3) is 0 Å². The summed E-state index contributed by atoms with van der Waals surface area (Å²) < 4.78 is 0. The first-order chi connectivity index (χ1) is 11.1. The lowest BCUT2D eigenvalue weighted by molar-refractivity contribution is -0.144. The highest BCUT2D eigenvalue weighted by Gasteiger charge is 2.30. The Kier molecular flexibility index (Phi) is 6.86. The fourth-order valence-corrected chi connectivity index (χ4v) is 3.55. The summed E-state index contributed by atoms with van der Waals surface area (Å²) >= 11 is 0. The first kappa shape index (κ1) is 17.8. The van der Waals surface area contributed by atoms with Crippen molar-refractivity contribution in [2.24, 2.45) is 11.8 Å². The van der Waals surface area contributed by atoms with E-state index in [0.717, 1.165) is 45.1 Å². The summed E-state index contributed by atoms with van der Waals surface area (Å²) in [5.41, 5.74) is 0. The van der Waals surface area contributed by atoms with Crippen molar-refractivity contribution in [1.29, 1.82) is 0 Å². The van der Waals surface area contributed by atoms with Gasteiger partial charge in [-0.05, 0) is 38.5 Å². The van der Waals surface area contributed by atoms with Crippen LogP contribution in [0.15, 0.2) is 0 Å². The molecule has 0 aromatic rings. The molecule has 0 spiro atoms. The monoisotopic (exact) mass is 324 g/mol. The number of carbonyl (C=O) groups excluding carboxylic acids is 2. The highest BCUT2D eigenvalue weighted by molar-refractivity contribution is 5.80. The smallest absolute Gasteiger partial charge is 0.306 e. The number of likely N-dealkylation sites (tertiary alicyclic amines) is 1. The van der Waals surface area contributed by atoms with Gasteiger partial charge in [-0.2, -0.15) is 0 Å². The zero-order valence-corrected chi connectivity index (χ0v) is 13.8. The molecule has 2 unspecified atom stereocenters. The van der Waals surface area contributed by atoms with Gasteiger partial charge in [0, 0.05) is 32.0 Å². The number of rotatable bonds is 6. The number of nitrogens with one attached hydrogen (secondary N) is 1. The third kappa shape index (κ3) is 5.52. The van der Waals surface area contributed by atoms with Crippen molar-refractivity contribution in [2.75, 3.05) is 19.6 Å². The molecule has 2 N–H and O–H groups in total. The normalized spacial score (nSPS) is 25.7.